The first-order valence-corrected chi connectivity index (χ1v) is 6.92. The number of allylic oxidation sites excluding steroid dienone is 1. The lowest BCUT2D eigenvalue weighted by Crippen LogP contribution is -2.43. The van der Waals surface area contributed by atoms with Gasteiger partial charge in [0.05, 0.1) is 13.2 Å². The molecule has 1 aliphatic rings. The highest BCUT2D eigenvalue weighted by Crippen LogP contribution is 2.38. The van der Waals surface area contributed by atoms with Gasteiger partial charge in [-0.2, -0.15) is 18.4 Å². The summed E-state index contributed by atoms with van der Waals surface area (Å²) in [4.78, 5) is 22.6. The molecule has 0 saturated heterocycles. The standard InChI is InChI=1S/C14H16F3N3O4/c1-24-12(23)13(7-19)4-2-8(3-5-13)20-10(14(15,16)17)9(6-18)11(21)22/h6,8,18,20H,2-5H2,1H3,(H,21,22)/b10-9+,18-6?/t8-,13+. The number of ether oxygens (including phenoxy) is 1. The van der Waals surface area contributed by atoms with Crippen LogP contribution in [0.4, 0.5) is 13.2 Å². The summed E-state index contributed by atoms with van der Waals surface area (Å²) in [5.74, 6) is -2.61. The van der Waals surface area contributed by atoms with E-state index < -0.39 is 40.8 Å². The molecule has 0 aromatic carbocycles. The van der Waals surface area contributed by atoms with Crippen LogP contribution in [0.1, 0.15) is 25.7 Å². The molecule has 0 aliphatic heterocycles. The zero-order valence-electron chi connectivity index (χ0n) is 12.7. The van der Waals surface area contributed by atoms with Crippen molar-refractivity contribution in [2.24, 2.45) is 5.41 Å². The minimum absolute atomic E-state index is 0.00797. The summed E-state index contributed by atoms with van der Waals surface area (Å²) in [6.45, 7) is 0. The van der Waals surface area contributed by atoms with Crippen molar-refractivity contribution in [1.82, 2.24) is 5.32 Å². The highest BCUT2D eigenvalue weighted by atomic mass is 19.4. The highest BCUT2D eigenvalue weighted by Gasteiger charge is 2.45. The van der Waals surface area contributed by atoms with Crippen LogP contribution < -0.4 is 5.32 Å². The maximum Gasteiger partial charge on any atom is 0.431 e. The number of carbonyl (C=O) groups is 2. The molecule has 3 N–H and O–H groups in total. The van der Waals surface area contributed by atoms with Crippen molar-refractivity contribution in [2.45, 2.75) is 37.9 Å². The minimum Gasteiger partial charge on any atom is -0.478 e. The zero-order chi connectivity index (χ0) is 18.5. The predicted octanol–water partition coefficient (Wildman–Crippen LogP) is 1.75. The fraction of sp³-hybridized carbons (Fsp3) is 0.571. The molecule has 0 amide bonds. The number of hydrogen-bond acceptors (Lipinski definition) is 6. The number of nitrogens with zero attached hydrogens (tertiary/aromatic N) is 1. The number of aliphatic carboxylic acids is 1. The van der Waals surface area contributed by atoms with E-state index in [1.54, 1.807) is 0 Å². The van der Waals surface area contributed by atoms with Crippen molar-refractivity contribution < 1.29 is 32.6 Å². The number of methoxy groups -OCH3 is 1. The number of nitriles is 1. The molecule has 1 aliphatic carbocycles. The zero-order valence-corrected chi connectivity index (χ0v) is 12.7. The first kappa shape index (κ1) is 19.5. The molecule has 0 spiro atoms. The predicted molar refractivity (Wildman–Crippen MR) is 75.0 cm³/mol. The van der Waals surface area contributed by atoms with Crippen molar-refractivity contribution in [2.75, 3.05) is 7.11 Å². The third kappa shape index (κ3) is 4.04. The maximum atomic E-state index is 13.1. The van der Waals surface area contributed by atoms with Gasteiger partial charge in [-0.25, -0.2) is 4.79 Å². The van der Waals surface area contributed by atoms with Gasteiger partial charge in [0.25, 0.3) is 0 Å². The second-order valence-electron chi connectivity index (χ2n) is 5.34. The number of rotatable bonds is 5. The molecular formula is C14H16F3N3O4. The van der Waals surface area contributed by atoms with E-state index in [0.29, 0.717) is 0 Å². The molecule has 0 bridgehead atoms. The SMILES string of the molecule is COC(=O)[C@]1(C#N)CC[C@H](N/C(=C(\C=N)C(=O)O)C(F)(F)F)CC1. The van der Waals surface area contributed by atoms with Crippen LogP contribution in [0.25, 0.3) is 0 Å². The number of hydrogen-bond donors (Lipinski definition) is 3. The monoisotopic (exact) mass is 347 g/mol. The molecule has 7 nitrogen and oxygen atoms in total. The molecule has 0 heterocycles. The largest absolute Gasteiger partial charge is 0.478 e. The Labute approximate surface area is 135 Å². The second-order valence-corrected chi connectivity index (χ2v) is 5.34. The van der Waals surface area contributed by atoms with Crippen LogP contribution in [0.5, 0.6) is 0 Å². The number of carboxylic acids is 1. The summed E-state index contributed by atoms with van der Waals surface area (Å²) in [7, 11) is 1.12. The summed E-state index contributed by atoms with van der Waals surface area (Å²) >= 11 is 0. The minimum atomic E-state index is -4.97. The lowest BCUT2D eigenvalue weighted by Gasteiger charge is -2.34. The summed E-state index contributed by atoms with van der Waals surface area (Å²) in [5.41, 5.74) is -4.11. The number of nitrogens with one attached hydrogen (secondary N) is 2. The van der Waals surface area contributed by atoms with E-state index in [1.165, 1.54) is 0 Å². The number of esters is 1. The Kier molecular flexibility index (Phi) is 5.95. The molecule has 1 fully saturated rings. The molecule has 132 valence electrons. The quantitative estimate of drug-likeness (QED) is 0.395. The third-order valence-corrected chi connectivity index (χ3v) is 3.91. The molecule has 0 atom stereocenters. The van der Waals surface area contributed by atoms with E-state index in [-0.39, 0.29) is 31.9 Å². The van der Waals surface area contributed by atoms with Gasteiger partial charge in [0.15, 0.2) is 5.41 Å². The first-order chi connectivity index (χ1) is 11.1. The summed E-state index contributed by atoms with van der Waals surface area (Å²) < 4.78 is 43.7. The molecule has 0 aromatic rings. The molecule has 0 aromatic heterocycles. The van der Waals surface area contributed by atoms with Crippen LogP contribution in [-0.4, -0.2) is 42.6 Å². The van der Waals surface area contributed by atoms with Gasteiger partial charge in [0, 0.05) is 12.3 Å². The molecule has 1 rings (SSSR count). The molecule has 0 unspecified atom stereocenters. The van der Waals surface area contributed by atoms with Gasteiger partial charge >= 0.3 is 18.1 Å². The average molecular weight is 347 g/mol. The lowest BCUT2D eigenvalue weighted by atomic mass is 9.73. The van der Waals surface area contributed by atoms with Gasteiger partial charge in [-0.15, -0.1) is 0 Å². The van der Waals surface area contributed by atoms with Crippen LogP contribution in [0, 0.1) is 22.2 Å². The molecule has 10 heteroatoms. The molecular weight excluding hydrogens is 331 g/mol. The van der Waals surface area contributed by atoms with Gasteiger partial charge in [0.1, 0.15) is 11.3 Å². The van der Waals surface area contributed by atoms with Gasteiger partial charge in [0.2, 0.25) is 0 Å². The molecule has 1 saturated carbocycles. The Bertz CT molecular complexity index is 599. The Hall–Kier alpha value is -2.57. The van der Waals surface area contributed by atoms with E-state index >= 15 is 0 Å². The van der Waals surface area contributed by atoms with E-state index in [1.807, 2.05) is 6.07 Å². The summed E-state index contributed by atoms with van der Waals surface area (Å²) in [6.07, 6.45) is -4.77. The fourth-order valence-electron chi connectivity index (χ4n) is 2.57. The van der Waals surface area contributed by atoms with Crippen LogP contribution in [0.3, 0.4) is 0 Å². The van der Waals surface area contributed by atoms with Crippen molar-refractivity contribution in [3.8, 4) is 6.07 Å². The summed E-state index contributed by atoms with van der Waals surface area (Å²) in [6, 6.07) is 1.08. The van der Waals surface area contributed by atoms with Crippen molar-refractivity contribution in [3.63, 3.8) is 0 Å². The normalized spacial score (nSPS) is 25.0. The second kappa shape index (κ2) is 7.33. The Morgan fingerprint density at radius 2 is 1.96 bits per heavy atom. The van der Waals surface area contributed by atoms with E-state index in [9.17, 15) is 28.0 Å². The molecule has 0 radical (unpaired) electrons. The van der Waals surface area contributed by atoms with E-state index in [2.05, 4.69) is 10.1 Å². The maximum absolute atomic E-state index is 13.1. The Morgan fingerprint density at radius 3 is 2.29 bits per heavy atom. The van der Waals surface area contributed by atoms with Gasteiger partial charge in [-0.1, -0.05) is 0 Å². The van der Waals surface area contributed by atoms with E-state index in [4.69, 9.17) is 10.5 Å². The van der Waals surface area contributed by atoms with Crippen LogP contribution in [0.15, 0.2) is 11.3 Å². The van der Waals surface area contributed by atoms with Crippen LogP contribution >= 0.6 is 0 Å². The van der Waals surface area contributed by atoms with Crippen molar-refractivity contribution in [3.05, 3.63) is 11.3 Å². The van der Waals surface area contributed by atoms with Crippen LogP contribution in [0.2, 0.25) is 0 Å². The molecule has 24 heavy (non-hydrogen) atoms. The topological polar surface area (TPSA) is 123 Å². The number of alkyl halides is 3. The fourth-order valence-corrected chi connectivity index (χ4v) is 2.57. The number of carboxylic acid groups (broad SMARTS) is 1. The van der Waals surface area contributed by atoms with Crippen molar-refractivity contribution >= 4 is 18.2 Å². The number of carbonyl (C=O) groups excluding carboxylic acids is 1. The van der Waals surface area contributed by atoms with Crippen LogP contribution in [-0.2, 0) is 14.3 Å². The van der Waals surface area contributed by atoms with Gasteiger partial charge < -0.3 is 20.6 Å². The Balaban J connectivity index is 2.98. The highest BCUT2D eigenvalue weighted by molar-refractivity contribution is 6.08. The lowest BCUT2D eigenvalue weighted by molar-refractivity contribution is -0.151. The van der Waals surface area contributed by atoms with Gasteiger partial charge in [-0.3, -0.25) is 4.79 Å². The Morgan fingerprint density at radius 1 is 1.42 bits per heavy atom. The summed E-state index contributed by atoms with van der Waals surface area (Å²) in [5, 5.41) is 27.0. The van der Waals surface area contributed by atoms with Crippen molar-refractivity contribution in [1.29, 1.82) is 10.7 Å². The first-order valence-electron chi connectivity index (χ1n) is 6.92. The smallest absolute Gasteiger partial charge is 0.431 e. The van der Waals surface area contributed by atoms with Gasteiger partial charge in [-0.05, 0) is 25.7 Å². The third-order valence-electron chi connectivity index (χ3n) is 3.91. The number of halogens is 3. The average Bonchev–Trinajstić information content (AvgIpc) is 2.53. The van der Waals surface area contributed by atoms with E-state index in [0.717, 1.165) is 7.11 Å².